The van der Waals surface area contributed by atoms with Crippen LogP contribution >= 0.6 is 0 Å². The maximum Gasteiger partial charge on any atom is 0.253 e. The number of fused-ring (bicyclic) bond motifs is 4. The molecule has 1 aromatic heterocycles. The van der Waals surface area contributed by atoms with Crippen molar-refractivity contribution in [3.05, 3.63) is 78.4 Å². The van der Waals surface area contributed by atoms with Crippen molar-refractivity contribution in [2.45, 2.75) is 18.9 Å². The second kappa shape index (κ2) is 8.22. The summed E-state index contributed by atoms with van der Waals surface area (Å²) in [6.45, 7) is 0.658. The third-order valence-corrected chi connectivity index (χ3v) is 6.18. The Kier molecular flexibility index (Phi) is 4.91. The smallest absolute Gasteiger partial charge is 0.253 e. The summed E-state index contributed by atoms with van der Waals surface area (Å²) in [5, 5.41) is 2.88. The van der Waals surface area contributed by atoms with Crippen molar-refractivity contribution < 1.29 is 19.1 Å². The second-order valence-corrected chi connectivity index (χ2v) is 8.33. The third kappa shape index (κ3) is 3.53. The Morgan fingerprint density at radius 3 is 2.68 bits per heavy atom. The summed E-state index contributed by atoms with van der Waals surface area (Å²) in [4.78, 5) is 32.9. The van der Waals surface area contributed by atoms with Gasteiger partial charge in [0.15, 0.2) is 11.5 Å². The minimum Gasteiger partial charge on any atom is -0.454 e. The first-order chi connectivity index (χ1) is 16.7. The summed E-state index contributed by atoms with van der Waals surface area (Å²) in [5.41, 5.74) is 3.38. The first-order valence-electron chi connectivity index (χ1n) is 11.2. The van der Waals surface area contributed by atoms with Gasteiger partial charge < -0.3 is 14.8 Å². The lowest BCUT2D eigenvalue weighted by Gasteiger charge is -2.16. The number of amides is 2. The predicted molar refractivity (Wildman–Crippen MR) is 127 cm³/mol. The lowest BCUT2D eigenvalue weighted by atomic mass is 10.1. The summed E-state index contributed by atoms with van der Waals surface area (Å²) < 4.78 is 12.6. The van der Waals surface area contributed by atoms with Crippen LogP contribution in [0.5, 0.6) is 11.5 Å². The van der Waals surface area contributed by atoms with Gasteiger partial charge in [-0.1, -0.05) is 42.5 Å². The van der Waals surface area contributed by atoms with Crippen LogP contribution < -0.4 is 19.7 Å². The van der Waals surface area contributed by atoms with Gasteiger partial charge in [-0.05, 0) is 36.2 Å². The Labute approximate surface area is 195 Å². The summed E-state index contributed by atoms with van der Waals surface area (Å²) in [7, 11) is 0. The lowest BCUT2D eigenvalue weighted by Crippen LogP contribution is -2.33. The highest BCUT2D eigenvalue weighted by Crippen LogP contribution is 2.37. The molecule has 0 fully saturated rings. The molecule has 8 nitrogen and oxygen atoms in total. The monoisotopic (exact) mass is 454 g/mol. The van der Waals surface area contributed by atoms with E-state index in [1.807, 2.05) is 59.2 Å². The van der Waals surface area contributed by atoms with Gasteiger partial charge in [-0.25, -0.2) is 4.98 Å². The molecule has 0 saturated carbocycles. The molecule has 2 aliphatic heterocycles. The van der Waals surface area contributed by atoms with Crippen molar-refractivity contribution >= 4 is 34.5 Å². The first kappa shape index (κ1) is 20.3. The van der Waals surface area contributed by atoms with Gasteiger partial charge in [-0.2, -0.15) is 0 Å². The number of carbonyl (C=O) groups is 2. The van der Waals surface area contributed by atoms with Crippen LogP contribution in [0.1, 0.15) is 18.0 Å². The fourth-order valence-electron chi connectivity index (χ4n) is 4.55. The maximum absolute atomic E-state index is 13.5. The van der Waals surface area contributed by atoms with E-state index in [1.165, 1.54) is 0 Å². The molecule has 1 atom stereocenters. The summed E-state index contributed by atoms with van der Waals surface area (Å²) >= 11 is 0. The molecule has 3 heterocycles. The minimum atomic E-state index is -0.660. The molecular formula is C26H22N4O4. The predicted octanol–water partition coefficient (Wildman–Crippen LogP) is 3.92. The van der Waals surface area contributed by atoms with E-state index in [0.717, 1.165) is 16.6 Å². The zero-order valence-electron chi connectivity index (χ0n) is 18.3. The van der Waals surface area contributed by atoms with Crippen molar-refractivity contribution in [1.82, 2.24) is 9.55 Å². The highest BCUT2D eigenvalue weighted by atomic mass is 16.7. The fourth-order valence-corrected chi connectivity index (χ4v) is 4.55. The molecule has 0 aliphatic carbocycles. The van der Waals surface area contributed by atoms with Crippen molar-refractivity contribution in [2.75, 3.05) is 23.6 Å². The van der Waals surface area contributed by atoms with Gasteiger partial charge in [-0.3, -0.25) is 19.1 Å². The molecule has 2 amide bonds. The Balaban J connectivity index is 1.26. The first-order valence-corrected chi connectivity index (χ1v) is 11.2. The number of carbonyl (C=O) groups excluding carboxylic acids is 2. The summed E-state index contributed by atoms with van der Waals surface area (Å²) in [6.07, 6.45) is 0.703. The highest BCUT2D eigenvalue weighted by Gasteiger charge is 2.40. The summed E-state index contributed by atoms with van der Waals surface area (Å²) in [6, 6.07) is 22.3. The van der Waals surface area contributed by atoms with Gasteiger partial charge in [0.05, 0.1) is 17.5 Å². The quantitative estimate of drug-likeness (QED) is 0.477. The van der Waals surface area contributed by atoms with Crippen LogP contribution in [-0.4, -0.2) is 34.7 Å². The van der Waals surface area contributed by atoms with Crippen LogP contribution in [0, 0.1) is 0 Å². The fraction of sp³-hybridized carbons (Fsp3) is 0.192. The van der Waals surface area contributed by atoms with E-state index in [4.69, 9.17) is 14.5 Å². The molecular weight excluding hydrogens is 432 g/mol. The topological polar surface area (TPSA) is 85.7 Å². The molecule has 0 saturated heterocycles. The lowest BCUT2D eigenvalue weighted by molar-refractivity contribution is -0.124. The molecule has 2 aliphatic rings. The van der Waals surface area contributed by atoms with Crippen LogP contribution in [0.3, 0.4) is 0 Å². The van der Waals surface area contributed by atoms with Crippen LogP contribution in [0.2, 0.25) is 0 Å². The van der Waals surface area contributed by atoms with Crippen molar-refractivity contribution in [2.24, 2.45) is 0 Å². The number of aromatic nitrogens is 2. The van der Waals surface area contributed by atoms with Gasteiger partial charge in [0, 0.05) is 18.3 Å². The van der Waals surface area contributed by atoms with E-state index in [1.54, 1.807) is 23.1 Å². The van der Waals surface area contributed by atoms with E-state index in [2.05, 4.69) is 5.32 Å². The van der Waals surface area contributed by atoms with Gasteiger partial charge in [0.2, 0.25) is 18.6 Å². The molecule has 3 aromatic carbocycles. The number of hydrogen-bond acceptors (Lipinski definition) is 5. The number of anilines is 2. The second-order valence-electron chi connectivity index (χ2n) is 8.33. The van der Waals surface area contributed by atoms with Gasteiger partial charge in [0.25, 0.3) is 5.91 Å². The van der Waals surface area contributed by atoms with E-state index in [-0.39, 0.29) is 25.0 Å². The number of rotatable bonds is 6. The molecule has 0 radical (unpaired) electrons. The van der Waals surface area contributed by atoms with Crippen molar-refractivity contribution in [1.29, 1.82) is 0 Å². The number of benzene rings is 3. The Morgan fingerprint density at radius 1 is 1.00 bits per heavy atom. The SMILES string of the molecule is O=C(C[C@@H]1C(=O)N(CCc2ccccc2)c2nc3ccccc3n21)Nc1ccc2c(c1)OCO2. The minimum absolute atomic E-state index is 0.00245. The van der Waals surface area contributed by atoms with E-state index in [9.17, 15) is 9.59 Å². The number of hydrogen-bond donors (Lipinski definition) is 1. The summed E-state index contributed by atoms with van der Waals surface area (Å²) in [5.74, 6) is 1.44. The molecule has 1 N–H and O–H groups in total. The Hall–Kier alpha value is -4.33. The Bertz CT molecular complexity index is 1400. The van der Waals surface area contributed by atoms with E-state index < -0.39 is 6.04 Å². The average molecular weight is 454 g/mol. The standard InChI is InChI=1S/C26H22N4O4/c31-24(27-18-10-11-22-23(14-18)34-16-33-22)15-21-25(32)29(13-12-17-6-2-1-3-7-17)26-28-19-8-4-5-9-20(19)30(21)26/h1-11,14,21H,12-13,15-16H2,(H,27,31)/t21-/m1/s1. The normalized spacial score (nSPS) is 16.2. The van der Waals surface area contributed by atoms with Crippen LogP contribution in [-0.2, 0) is 16.0 Å². The zero-order valence-corrected chi connectivity index (χ0v) is 18.3. The van der Waals surface area contributed by atoms with Crippen LogP contribution in [0.4, 0.5) is 11.6 Å². The third-order valence-electron chi connectivity index (χ3n) is 6.18. The van der Waals surface area contributed by atoms with Gasteiger partial charge in [0.1, 0.15) is 6.04 Å². The number of nitrogens with zero attached hydrogens (tertiary/aromatic N) is 3. The van der Waals surface area contributed by atoms with Gasteiger partial charge >= 0.3 is 0 Å². The average Bonchev–Trinajstić information content (AvgIpc) is 3.53. The van der Waals surface area contributed by atoms with Crippen LogP contribution in [0.25, 0.3) is 11.0 Å². The number of para-hydroxylation sites is 2. The molecule has 4 aromatic rings. The molecule has 0 unspecified atom stereocenters. The number of imidazole rings is 1. The molecule has 170 valence electrons. The van der Waals surface area contributed by atoms with Crippen molar-refractivity contribution in [3.8, 4) is 11.5 Å². The molecule has 8 heteroatoms. The van der Waals surface area contributed by atoms with Crippen molar-refractivity contribution in [3.63, 3.8) is 0 Å². The molecule has 6 rings (SSSR count). The number of ether oxygens (including phenoxy) is 2. The number of nitrogens with one attached hydrogen (secondary N) is 1. The largest absolute Gasteiger partial charge is 0.454 e. The Morgan fingerprint density at radius 2 is 1.79 bits per heavy atom. The molecule has 0 bridgehead atoms. The van der Waals surface area contributed by atoms with E-state index >= 15 is 0 Å². The molecule has 0 spiro atoms. The maximum atomic E-state index is 13.5. The molecule has 34 heavy (non-hydrogen) atoms. The van der Waals surface area contributed by atoms with Crippen LogP contribution in [0.15, 0.2) is 72.8 Å². The van der Waals surface area contributed by atoms with Gasteiger partial charge in [-0.15, -0.1) is 0 Å². The van der Waals surface area contributed by atoms with E-state index in [0.29, 0.717) is 36.1 Å². The zero-order chi connectivity index (χ0) is 23.1. The highest BCUT2D eigenvalue weighted by molar-refractivity contribution is 6.05.